The lowest BCUT2D eigenvalue weighted by Gasteiger charge is -2.08. The highest BCUT2D eigenvalue weighted by Gasteiger charge is 2.02. The highest BCUT2D eigenvalue weighted by Crippen LogP contribution is 2.05. The van der Waals surface area contributed by atoms with Gasteiger partial charge in [-0.3, -0.25) is 4.57 Å². The molecular formula is C18H18FN5O. The summed E-state index contributed by atoms with van der Waals surface area (Å²) in [6.45, 7) is 0.816. The van der Waals surface area contributed by atoms with Crippen LogP contribution in [0.2, 0.25) is 0 Å². The molecule has 0 saturated heterocycles. The van der Waals surface area contributed by atoms with Crippen molar-refractivity contribution in [2.24, 2.45) is 0 Å². The van der Waals surface area contributed by atoms with Crippen LogP contribution in [-0.4, -0.2) is 27.1 Å². The number of pyridine rings is 1. The molecule has 128 valence electrons. The Labute approximate surface area is 144 Å². The van der Waals surface area contributed by atoms with Gasteiger partial charge in [0, 0.05) is 31.7 Å². The maximum absolute atomic E-state index is 13.1. The Morgan fingerprint density at radius 2 is 2.08 bits per heavy atom. The van der Waals surface area contributed by atoms with Gasteiger partial charge in [-0.2, -0.15) is 0 Å². The molecule has 0 radical (unpaired) electrons. The van der Waals surface area contributed by atoms with Crippen LogP contribution in [0.4, 0.5) is 9.18 Å². The Hall–Kier alpha value is -3.22. The third-order valence-electron chi connectivity index (χ3n) is 3.62. The molecular weight excluding hydrogens is 321 g/mol. The third kappa shape index (κ3) is 4.87. The molecule has 0 aliphatic carbocycles. The van der Waals surface area contributed by atoms with Crippen LogP contribution in [0.5, 0.6) is 0 Å². The van der Waals surface area contributed by atoms with Gasteiger partial charge in [-0.15, -0.1) is 0 Å². The Balaban J connectivity index is 1.41. The molecule has 7 heteroatoms. The summed E-state index contributed by atoms with van der Waals surface area (Å²) >= 11 is 0. The minimum Gasteiger partial charge on any atom is -0.338 e. The monoisotopic (exact) mass is 339 g/mol. The maximum Gasteiger partial charge on any atom is 0.315 e. The number of benzene rings is 1. The van der Waals surface area contributed by atoms with Crippen LogP contribution in [0.25, 0.3) is 5.82 Å². The van der Waals surface area contributed by atoms with Crippen LogP contribution in [0.3, 0.4) is 0 Å². The number of nitrogens with one attached hydrogen (secondary N) is 2. The van der Waals surface area contributed by atoms with Crippen molar-refractivity contribution in [1.82, 2.24) is 25.2 Å². The number of carbonyl (C=O) groups excluding carboxylic acids is 1. The summed E-state index contributed by atoms with van der Waals surface area (Å²) in [4.78, 5) is 20.1. The molecule has 0 unspecified atom stereocenters. The summed E-state index contributed by atoms with van der Waals surface area (Å²) in [6.07, 6.45) is 7.46. The number of aromatic nitrogens is 3. The van der Waals surface area contributed by atoms with Crippen molar-refractivity contribution in [3.05, 3.63) is 78.3 Å². The van der Waals surface area contributed by atoms with Gasteiger partial charge in [0.05, 0.1) is 0 Å². The fourth-order valence-electron chi connectivity index (χ4n) is 2.33. The molecule has 3 rings (SSSR count). The zero-order valence-electron chi connectivity index (χ0n) is 13.5. The first-order chi connectivity index (χ1) is 12.2. The first kappa shape index (κ1) is 16.6. The van der Waals surface area contributed by atoms with Crippen molar-refractivity contribution >= 4 is 6.03 Å². The molecule has 0 atom stereocenters. The van der Waals surface area contributed by atoms with E-state index in [0.29, 0.717) is 19.5 Å². The Kier molecular flexibility index (Phi) is 5.36. The van der Waals surface area contributed by atoms with Crippen molar-refractivity contribution in [2.45, 2.75) is 13.0 Å². The van der Waals surface area contributed by atoms with Gasteiger partial charge in [0.15, 0.2) is 0 Å². The molecule has 1 aromatic carbocycles. The molecule has 0 saturated carbocycles. The summed E-state index contributed by atoms with van der Waals surface area (Å²) in [5, 5.41) is 5.52. The van der Waals surface area contributed by atoms with Crippen molar-refractivity contribution in [1.29, 1.82) is 0 Å². The second kappa shape index (κ2) is 8.05. The Bertz CT molecular complexity index is 818. The van der Waals surface area contributed by atoms with Gasteiger partial charge in [0.1, 0.15) is 18.0 Å². The highest BCUT2D eigenvalue weighted by atomic mass is 19.1. The predicted molar refractivity (Wildman–Crippen MR) is 91.7 cm³/mol. The lowest BCUT2D eigenvalue weighted by atomic mass is 10.1. The molecule has 0 bridgehead atoms. The topological polar surface area (TPSA) is 71.8 Å². The summed E-state index contributed by atoms with van der Waals surface area (Å²) < 4.78 is 14.9. The minimum atomic E-state index is -0.270. The second-order valence-electron chi connectivity index (χ2n) is 5.48. The number of rotatable bonds is 6. The maximum atomic E-state index is 13.1. The van der Waals surface area contributed by atoms with Gasteiger partial charge in [0.2, 0.25) is 0 Å². The number of imidazole rings is 1. The summed E-state index contributed by atoms with van der Waals surface area (Å²) in [6, 6.07) is 9.84. The first-order valence-electron chi connectivity index (χ1n) is 7.90. The Morgan fingerprint density at radius 3 is 2.80 bits per heavy atom. The van der Waals surface area contributed by atoms with E-state index in [4.69, 9.17) is 0 Å². The number of halogens is 1. The van der Waals surface area contributed by atoms with Crippen LogP contribution in [0, 0.1) is 5.82 Å². The van der Waals surface area contributed by atoms with Gasteiger partial charge in [-0.1, -0.05) is 18.2 Å². The van der Waals surface area contributed by atoms with Crippen LogP contribution in [-0.2, 0) is 13.0 Å². The fourth-order valence-corrected chi connectivity index (χ4v) is 2.33. The number of amides is 2. The molecule has 2 heterocycles. The van der Waals surface area contributed by atoms with Crippen LogP contribution < -0.4 is 10.6 Å². The normalized spacial score (nSPS) is 10.4. The minimum absolute atomic E-state index is 0.268. The van der Waals surface area contributed by atoms with E-state index in [9.17, 15) is 9.18 Å². The fraction of sp³-hybridized carbons (Fsp3) is 0.167. The van der Waals surface area contributed by atoms with Crippen LogP contribution in [0.15, 0.2) is 61.3 Å². The molecule has 6 nitrogen and oxygen atoms in total. The van der Waals surface area contributed by atoms with Gasteiger partial charge >= 0.3 is 6.03 Å². The number of nitrogens with zero attached hydrogens (tertiary/aromatic N) is 3. The zero-order chi connectivity index (χ0) is 17.5. The molecule has 3 aromatic rings. The number of hydrogen-bond donors (Lipinski definition) is 2. The number of hydrogen-bond acceptors (Lipinski definition) is 3. The van der Waals surface area contributed by atoms with Crippen molar-refractivity contribution in [3.8, 4) is 5.82 Å². The van der Waals surface area contributed by atoms with Crippen molar-refractivity contribution < 1.29 is 9.18 Å². The van der Waals surface area contributed by atoms with Crippen molar-refractivity contribution in [2.75, 3.05) is 6.54 Å². The second-order valence-corrected chi connectivity index (χ2v) is 5.48. The molecule has 0 spiro atoms. The van der Waals surface area contributed by atoms with Gasteiger partial charge in [-0.25, -0.2) is 19.2 Å². The average molecular weight is 339 g/mol. The molecule has 0 aliphatic rings. The van der Waals surface area contributed by atoms with E-state index in [1.165, 1.54) is 12.1 Å². The van der Waals surface area contributed by atoms with E-state index in [0.717, 1.165) is 16.9 Å². The van der Waals surface area contributed by atoms with Gasteiger partial charge in [-0.05, 0) is 35.7 Å². The standard InChI is InChI=1S/C18H18FN5O/c19-16-3-1-2-14(10-16)6-7-21-18(25)23-12-15-4-5-17(22-11-15)24-9-8-20-13-24/h1-5,8-11,13H,6-7,12H2,(H2,21,23,25). The summed E-state index contributed by atoms with van der Waals surface area (Å²) in [5.41, 5.74) is 1.74. The van der Waals surface area contributed by atoms with Crippen LogP contribution >= 0.6 is 0 Å². The van der Waals surface area contributed by atoms with Crippen LogP contribution in [0.1, 0.15) is 11.1 Å². The van der Waals surface area contributed by atoms with Crippen molar-refractivity contribution in [3.63, 3.8) is 0 Å². The molecule has 2 aromatic heterocycles. The van der Waals surface area contributed by atoms with E-state index in [1.54, 1.807) is 29.4 Å². The lowest BCUT2D eigenvalue weighted by Crippen LogP contribution is -2.36. The number of carbonyl (C=O) groups is 1. The van der Waals surface area contributed by atoms with Gasteiger partial charge < -0.3 is 10.6 Å². The smallest absolute Gasteiger partial charge is 0.315 e. The van der Waals surface area contributed by atoms with E-state index in [1.807, 2.05) is 24.4 Å². The highest BCUT2D eigenvalue weighted by molar-refractivity contribution is 5.73. The third-order valence-corrected chi connectivity index (χ3v) is 3.62. The number of urea groups is 1. The molecule has 0 fully saturated rings. The molecule has 0 aliphatic heterocycles. The quantitative estimate of drug-likeness (QED) is 0.725. The first-order valence-corrected chi connectivity index (χ1v) is 7.90. The predicted octanol–water partition coefficient (Wildman–Crippen LogP) is 2.45. The van der Waals surface area contributed by atoms with E-state index in [-0.39, 0.29) is 11.8 Å². The Morgan fingerprint density at radius 1 is 1.16 bits per heavy atom. The summed E-state index contributed by atoms with van der Waals surface area (Å²) in [7, 11) is 0. The lowest BCUT2D eigenvalue weighted by molar-refractivity contribution is 0.240. The zero-order valence-corrected chi connectivity index (χ0v) is 13.5. The van der Waals surface area contributed by atoms with E-state index in [2.05, 4.69) is 20.6 Å². The largest absolute Gasteiger partial charge is 0.338 e. The van der Waals surface area contributed by atoms with E-state index < -0.39 is 0 Å². The molecule has 2 amide bonds. The SMILES string of the molecule is O=C(NCCc1cccc(F)c1)NCc1ccc(-n2ccnc2)nc1. The average Bonchev–Trinajstić information content (AvgIpc) is 3.15. The summed E-state index contributed by atoms with van der Waals surface area (Å²) in [5.74, 6) is 0.495. The van der Waals surface area contributed by atoms with E-state index >= 15 is 0 Å². The van der Waals surface area contributed by atoms with Gasteiger partial charge in [0.25, 0.3) is 0 Å². The molecule has 25 heavy (non-hydrogen) atoms. The molecule has 2 N–H and O–H groups in total.